The number of carboxylic acids is 1. The van der Waals surface area contributed by atoms with Gasteiger partial charge in [-0.2, -0.15) is 0 Å². The summed E-state index contributed by atoms with van der Waals surface area (Å²) in [4.78, 5) is 24.0. The molecule has 15 heavy (non-hydrogen) atoms. The maximum Gasteiger partial charge on any atom is 0.323 e. The van der Waals surface area contributed by atoms with E-state index in [0.717, 1.165) is 19.4 Å². The first kappa shape index (κ1) is 12.0. The highest BCUT2D eigenvalue weighted by Gasteiger charge is 2.38. The average Bonchev–Trinajstić information content (AvgIpc) is 2.61. The average molecular weight is 214 g/mol. The molecule has 0 aliphatic carbocycles. The number of rotatable bonds is 4. The van der Waals surface area contributed by atoms with Crippen LogP contribution in [0.1, 0.15) is 26.7 Å². The number of hydrogen-bond donors (Lipinski definition) is 2. The van der Waals surface area contributed by atoms with Crippen molar-refractivity contribution in [3.05, 3.63) is 0 Å². The fourth-order valence-corrected chi connectivity index (χ4v) is 1.92. The van der Waals surface area contributed by atoms with Gasteiger partial charge < -0.3 is 15.3 Å². The van der Waals surface area contributed by atoms with Crippen molar-refractivity contribution in [2.75, 3.05) is 19.6 Å². The van der Waals surface area contributed by atoms with E-state index in [1.807, 2.05) is 6.92 Å². The molecule has 86 valence electrons. The van der Waals surface area contributed by atoms with Crippen molar-refractivity contribution in [1.29, 1.82) is 0 Å². The highest BCUT2D eigenvalue weighted by atomic mass is 16.4. The summed E-state index contributed by atoms with van der Waals surface area (Å²) in [5.74, 6) is -1.07. The second-order valence-electron chi connectivity index (χ2n) is 4.08. The molecule has 1 saturated heterocycles. The van der Waals surface area contributed by atoms with Crippen molar-refractivity contribution in [1.82, 2.24) is 10.2 Å². The van der Waals surface area contributed by atoms with Gasteiger partial charge in [-0.1, -0.05) is 0 Å². The molecule has 1 aliphatic heterocycles. The van der Waals surface area contributed by atoms with Gasteiger partial charge in [0.15, 0.2) is 0 Å². The molecule has 0 spiro atoms. The zero-order valence-electron chi connectivity index (χ0n) is 9.25. The summed E-state index contributed by atoms with van der Waals surface area (Å²) in [5.41, 5.74) is -0.564. The summed E-state index contributed by atoms with van der Waals surface area (Å²) in [6.45, 7) is 4.67. The van der Waals surface area contributed by atoms with Crippen LogP contribution in [0.25, 0.3) is 0 Å². The summed E-state index contributed by atoms with van der Waals surface area (Å²) in [7, 11) is 0. The first-order valence-corrected chi connectivity index (χ1v) is 5.26. The van der Waals surface area contributed by atoms with Gasteiger partial charge in [0.05, 0.1) is 5.54 Å². The van der Waals surface area contributed by atoms with E-state index in [2.05, 4.69) is 5.32 Å². The van der Waals surface area contributed by atoms with Crippen LogP contribution >= 0.6 is 0 Å². The standard InChI is InChI=1S/C10H18N2O3/c1-3-12(7-8(13)14)9(15)10(2)5-4-6-11-10/h11H,3-7H2,1-2H3,(H,13,14). The first-order valence-electron chi connectivity index (χ1n) is 5.26. The third kappa shape index (κ3) is 2.68. The molecule has 2 N–H and O–H groups in total. The minimum Gasteiger partial charge on any atom is -0.480 e. The Morgan fingerprint density at radius 3 is 2.60 bits per heavy atom. The van der Waals surface area contributed by atoms with E-state index in [1.165, 1.54) is 4.90 Å². The van der Waals surface area contributed by atoms with Gasteiger partial charge in [-0.05, 0) is 33.2 Å². The molecule has 0 saturated carbocycles. The van der Waals surface area contributed by atoms with Gasteiger partial charge in [-0.25, -0.2) is 0 Å². The molecule has 0 radical (unpaired) electrons. The van der Waals surface area contributed by atoms with E-state index in [-0.39, 0.29) is 12.5 Å². The van der Waals surface area contributed by atoms with Crippen LogP contribution in [-0.4, -0.2) is 47.1 Å². The van der Waals surface area contributed by atoms with Gasteiger partial charge in [-0.15, -0.1) is 0 Å². The Kier molecular flexibility index (Phi) is 3.68. The Hall–Kier alpha value is -1.10. The molecular formula is C10H18N2O3. The van der Waals surface area contributed by atoms with Crippen LogP contribution in [0.5, 0.6) is 0 Å². The molecule has 5 heteroatoms. The Balaban J connectivity index is 2.67. The highest BCUT2D eigenvalue weighted by molar-refractivity contribution is 5.88. The Labute approximate surface area is 89.4 Å². The fraction of sp³-hybridized carbons (Fsp3) is 0.800. The van der Waals surface area contributed by atoms with Crippen molar-refractivity contribution in [3.8, 4) is 0 Å². The van der Waals surface area contributed by atoms with Crippen LogP contribution in [-0.2, 0) is 9.59 Å². The molecule has 0 bridgehead atoms. The van der Waals surface area contributed by atoms with E-state index in [1.54, 1.807) is 6.92 Å². The summed E-state index contributed by atoms with van der Waals surface area (Å²) in [5, 5.41) is 11.8. The lowest BCUT2D eigenvalue weighted by Crippen LogP contribution is -2.53. The van der Waals surface area contributed by atoms with Crippen molar-refractivity contribution >= 4 is 11.9 Å². The minimum atomic E-state index is -0.966. The predicted molar refractivity (Wildman–Crippen MR) is 55.5 cm³/mol. The number of hydrogen-bond acceptors (Lipinski definition) is 3. The van der Waals surface area contributed by atoms with Crippen molar-refractivity contribution < 1.29 is 14.7 Å². The van der Waals surface area contributed by atoms with Gasteiger partial charge in [0.25, 0.3) is 0 Å². The molecule has 1 heterocycles. The molecule has 1 fully saturated rings. The van der Waals surface area contributed by atoms with Gasteiger partial charge in [0, 0.05) is 6.54 Å². The number of likely N-dealkylation sites (N-methyl/N-ethyl adjacent to an activating group) is 1. The molecule has 0 aromatic heterocycles. The maximum atomic E-state index is 12.0. The summed E-state index contributed by atoms with van der Waals surface area (Å²) in [6.07, 6.45) is 1.74. The Morgan fingerprint density at radius 1 is 1.53 bits per heavy atom. The number of carboxylic acid groups (broad SMARTS) is 1. The molecule has 0 aromatic carbocycles. The monoisotopic (exact) mass is 214 g/mol. The van der Waals surface area contributed by atoms with Crippen molar-refractivity contribution in [3.63, 3.8) is 0 Å². The van der Waals surface area contributed by atoms with Gasteiger partial charge in [-0.3, -0.25) is 9.59 Å². The van der Waals surface area contributed by atoms with E-state index >= 15 is 0 Å². The second kappa shape index (κ2) is 4.61. The lowest BCUT2D eigenvalue weighted by Gasteiger charge is -2.30. The van der Waals surface area contributed by atoms with Crippen molar-refractivity contribution in [2.45, 2.75) is 32.2 Å². The predicted octanol–water partition coefficient (Wildman–Crippen LogP) is 0.0616. The Morgan fingerprint density at radius 2 is 2.20 bits per heavy atom. The zero-order valence-corrected chi connectivity index (χ0v) is 9.25. The number of carbonyl (C=O) groups is 2. The highest BCUT2D eigenvalue weighted by Crippen LogP contribution is 2.21. The third-order valence-electron chi connectivity index (χ3n) is 2.84. The van der Waals surface area contributed by atoms with Crippen LogP contribution in [0.4, 0.5) is 0 Å². The van der Waals surface area contributed by atoms with Crippen LogP contribution in [0, 0.1) is 0 Å². The number of carbonyl (C=O) groups excluding carboxylic acids is 1. The SMILES string of the molecule is CCN(CC(=O)O)C(=O)C1(C)CCCN1. The van der Waals surface area contributed by atoms with E-state index in [0.29, 0.717) is 6.54 Å². The molecule has 1 unspecified atom stereocenters. The van der Waals surface area contributed by atoms with Crippen LogP contribution < -0.4 is 5.32 Å². The molecule has 1 amide bonds. The lowest BCUT2D eigenvalue weighted by molar-refractivity contribution is -0.146. The summed E-state index contributed by atoms with van der Waals surface area (Å²) >= 11 is 0. The third-order valence-corrected chi connectivity index (χ3v) is 2.84. The second-order valence-corrected chi connectivity index (χ2v) is 4.08. The number of aliphatic carboxylic acids is 1. The number of nitrogens with one attached hydrogen (secondary N) is 1. The molecule has 5 nitrogen and oxygen atoms in total. The topological polar surface area (TPSA) is 69.6 Å². The molecule has 1 rings (SSSR count). The van der Waals surface area contributed by atoms with E-state index < -0.39 is 11.5 Å². The van der Waals surface area contributed by atoms with Crippen LogP contribution in [0.2, 0.25) is 0 Å². The minimum absolute atomic E-state index is 0.107. The first-order chi connectivity index (χ1) is 6.99. The summed E-state index contributed by atoms with van der Waals surface area (Å²) in [6, 6.07) is 0. The molecular weight excluding hydrogens is 196 g/mol. The van der Waals surface area contributed by atoms with E-state index in [9.17, 15) is 9.59 Å². The maximum absolute atomic E-state index is 12.0. The van der Waals surface area contributed by atoms with Crippen LogP contribution in [0.3, 0.4) is 0 Å². The Bertz CT molecular complexity index is 259. The van der Waals surface area contributed by atoms with Crippen LogP contribution in [0.15, 0.2) is 0 Å². The van der Waals surface area contributed by atoms with Crippen molar-refractivity contribution in [2.24, 2.45) is 0 Å². The van der Waals surface area contributed by atoms with E-state index in [4.69, 9.17) is 5.11 Å². The smallest absolute Gasteiger partial charge is 0.323 e. The normalized spacial score (nSPS) is 25.2. The molecule has 1 atom stereocenters. The largest absolute Gasteiger partial charge is 0.480 e. The van der Waals surface area contributed by atoms with Gasteiger partial charge in [0.2, 0.25) is 5.91 Å². The van der Waals surface area contributed by atoms with Gasteiger partial charge >= 0.3 is 5.97 Å². The molecule has 1 aliphatic rings. The zero-order chi connectivity index (χ0) is 11.5. The fourth-order valence-electron chi connectivity index (χ4n) is 1.92. The number of nitrogens with zero attached hydrogens (tertiary/aromatic N) is 1. The molecule has 0 aromatic rings. The lowest BCUT2D eigenvalue weighted by atomic mass is 9.98. The quantitative estimate of drug-likeness (QED) is 0.694. The van der Waals surface area contributed by atoms with Gasteiger partial charge in [0.1, 0.15) is 6.54 Å². The summed E-state index contributed by atoms with van der Waals surface area (Å²) < 4.78 is 0. The number of amides is 1.